The third kappa shape index (κ3) is 8.63. The predicted octanol–water partition coefficient (Wildman–Crippen LogP) is 3.52. The van der Waals surface area contributed by atoms with Gasteiger partial charge in [-0.25, -0.2) is 0 Å². The van der Waals surface area contributed by atoms with Gasteiger partial charge in [0, 0.05) is 0 Å². The summed E-state index contributed by atoms with van der Waals surface area (Å²) in [6.07, 6.45) is 0. The van der Waals surface area contributed by atoms with E-state index in [-0.39, 0.29) is 0 Å². The van der Waals surface area contributed by atoms with E-state index in [4.69, 9.17) is 0 Å². The van der Waals surface area contributed by atoms with Crippen molar-refractivity contribution in [3.05, 3.63) is 10.3 Å². The summed E-state index contributed by atoms with van der Waals surface area (Å²) < 4.78 is 0. The van der Waals surface area contributed by atoms with E-state index in [1.165, 1.54) is 0 Å². The SMILES string of the molecule is CC(C)SC=[CH][Ge]([CH3])([CH3])[CH3]. The zero-order valence-corrected chi connectivity index (χ0v) is 10.6. The van der Waals surface area contributed by atoms with Gasteiger partial charge < -0.3 is 0 Å². The Balaban J connectivity index is 3.57. The first-order valence-electron chi connectivity index (χ1n) is 3.75. The maximum absolute atomic E-state index is 2.44. The van der Waals surface area contributed by atoms with Crippen molar-refractivity contribution in [2.45, 2.75) is 36.4 Å². The molecule has 0 radical (unpaired) electrons. The van der Waals surface area contributed by atoms with Crippen LogP contribution in [0.3, 0.4) is 0 Å². The molecule has 0 aromatic heterocycles. The Morgan fingerprint density at radius 2 is 1.70 bits per heavy atom. The fourth-order valence-electron chi connectivity index (χ4n) is 0.401. The summed E-state index contributed by atoms with van der Waals surface area (Å²) in [6.45, 7) is 4.45. The molecule has 0 aliphatic carbocycles. The van der Waals surface area contributed by atoms with Crippen LogP contribution >= 0.6 is 11.8 Å². The van der Waals surface area contributed by atoms with E-state index in [0.29, 0.717) is 0 Å². The van der Waals surface area contributed by atoms with E-state index in [9.17, 15) is 0 Å². The molecule has 2 heteroatoms. The molecular formula is C8H18GeS. The summed E-state index contributed by atoms with van der Waals surface area (Å²) in [6, 6.07) is 0. The second-order valence-corrected chi connectivity index (χ2v) is 16.0. The van der Waals surface area contributed by atoms with Gasteiger partial charge in [0.1, 0.15) is 0 Å². The predicted molar refractivity (Wildman–Crippen MR) is 55.2 cm³/mol. The normalized spacial score (nSPS) is 13.4. The number of thioether (sulfide) groups is 1. The van der Waals surface area contributed by atoms with E-state index in [1.807, 2.05) is 11.8 Å². The van der Waals surface area contributed by atoms with Crippen molar-refractivity contribution >= 4 is 25.0 Å². The first kappa shape index (κ1) is 10.6. The van der Waals surface area contributed by atoms with E-state index >= 15 is 0 Å². The van der Waals surface area contributed by atoms with Crippen LogP contribution in [-0.2, 0) is 0 Å². The molecule has 10 heavy (non-hydrogen) atoms. The second kappa shape index (κ2) is 4.50. The summed E-state index contributed by atoms with van der Waals surface area (Å²) in [4.78, 5) is 2.44. The van der Waals surface area contributed by atoms with E-state index in [2.05, 4.69) is 41.4 Å². The Hall–Kier alpha value is 0.633. The zero-order valence-electron chi connectivity index (χ0n) is 7.64. The molecule has 0 saturated carbocycles. The van der Waals surface area contributed by atoms with Gasteiger partial charge in [0.25, 0.3) is 0 Å². The molecule has 0 bridgehead atoms. The maximum atomic E-state index is 2.44. The van der Waals surface area contributed by atoms with Crippen LogP contribution in [0.15, 0.2) is 10.3 Å². The van der Waals surface area contributed by atoms with E-state index in [0.717, 1.165) is 5.25 Å². The molecule has 0 aliphatic rings. The molecule has 60 valence electrons. The van der Waals surface area contributed by atoms with Crippen molar-refractivity contribution in [2.75, 3.05) is 0 Å². The fraction of sp³-hybridized carbons (Fsp3) is 0.750. The van der Waals surface area contributed by atoms with Crippen molar-refractivity contribution < 1.29 is 0 Å². The topological polar surface area (TPSA) is 0 Å². The molecule has 0 saturated heterocycles. The van der Waals surface area contributed by atoms with Crippen LogP contribution in [0, 0.1) is 0 Å². The summed E-state index contributed by atoms with van der Waals surface area (Å²) in [7, 11) is 0. The molecule has 0 aromatic carbocycles. The van der Waals surface area contributed by atoms with Crippen molar-refractivity contribution in [3.8, 4) is 0 Å². The van der Waals surface area contributed by atoms with Crippen molar-refractivity contribution in [2.24, 2.45) is 0 Å². The molecule has 0 amide bonds. The Morgan fingerprint density at radius 3 is 2.00 bits per heavy atom. The van der Waals surface area contributed by atoms with Crippen LogP contribution in [0.2, 0.25) is 17.3 Å². The van der Waals surface area contributed by atoms with Crippen LogP contribution in [0.4, 0.5) is 0 Å². The Labute approximate surface area is 71.8 Å². The van der Waals surface area contributed by atoms with Crippen LogP contribution in [0.5, 0.6) is 0 Å². The zero-order chi connectivity index (χ0) is 8.20. The third-order valence-corrected chi connectivity index (χ3v) is 4.71. The average Bonchev–Trinajstić information content (AvgIpc) is 1.59. The number of rotatable bonds is 3. The Bertz CT molecular complexity index is 111. The van der Waals surface area contributed by atoms with Crippen LogP contribution in [0.1, 0.15) is 13.8 Å². The summed E-state index contributed by atoms with van der Waals surface area (Å²) in [5.41, 5.74) is 0. The van der Waals surface area contributed by atoms with Crippen molar-refractivity contribution in [1.82, 2.24) is 0 Å². The Morgan fingerprint density at radius 1 is 1.20 bits per heavy atom. The molecular weight excluding hydrogens is 201 g/mol. The molecule has 0 aliphatic heterocycles. The molecule has 0 heterocycles. The summed E-state index contributed by atoms with van der Waals surface area (Å²) in [5.74, 6) is 7.20. The van der Waals surface area contributed by atoms with Gasteiger partial charge in [-0.3, -0.25) is 0 Å². The average molecular weight is 219 g/mol. The molecule has 0 rings (SSSR count). The van der Waals surface area contributed by atoms with Gasteiger partial charge in [0.15, 0.2) is 0 Å². The van der Waals surface area contributed by atoms with Crippen LogP contribution in [-0.4, -0.2) is 18.5 Å². The monoisotopic (exact) mass is 220 g/mol. The van der Waals surface area contributed by atoms with Crippen molar-refractivity contribution in [3.63, 3.8) is 0 Å². The van der Waals surface area contributed by atoms with Gasteiger partial charge in [-0.2, -0.15) is 0 Å². The molecule has 0 aromatic rings. The Kier molecular flexibility index (Phi) is 4.78. The summed E-state index contributed by atoms with van der Waals surface area (Å²) >= 11 is 0.558. The minimum absolute atomic E-state index is 0.737. The van der Waals surface area contributed by atoms with Crippen molar-refractivity contribution in [1.29, 1.82) is 0 Å². The van der Waals surface area contributed by atoms with E-state index < -0.39 is 13.3 Å². The first-order chi connectivity index (χ1) is 4.42. The van der Waals surface area contributed by atoms with Gasteiger partial charge in [-0.05, 0) is 0 Å². The van der Waals surface area contributed by atoms with Gasteiger partial charge in [0.05, 0.1) is 0 Å². The standard InChI is InChI=1S/C8H18GeS/c1-8(2)10-7-6-9(3,4)5/h6-8H,1-5H3. The molecule has 0 unspecified atom stereocenters. The fourth-order valence-corrected chi connectivity index (χ4v) is 4.27. The number of hydrogen-bond acceptors (Lipinski definition) is 1. The molecule has 0 nitrogen and oxygen atoms in total. The molecule has 0 atom stereocenters. The van der Waals surface area contributed by atoms with Gasteiger partial charge >= 0.3 is 71.7 Å². The van der Waals surface area contributed by atoms with Gasteiger partial charge in [-0.1, -0.05) is 0 Å². The van der Waals surface area contributed by atoms with Gasteiger partial charge in [-0.15, -0.1) is 0 Å². The van der Waals surface area contributed by atoms with Crippen LogP contribution < -0.4 is 0 Å². The minimum atomic E-state index is -1.37. The first-order valence-corrected chi connectivity index (χ1v) is 12.2. The summed E-state index contributed by atoms with van der Waals surface area (Å²) in [5, 5.41) is 3.02. The number of hydrogen-bond donors (Lipinski definition) is 0. The second-order valence-electron chi connectivity index (χ2n) is 3.85. The van der Waals surface area contributed by atoms with Gasteiger partial charge in [0.2, 0.25) is 0 Å². The third-order valence-electron chi connectivity index (χ3n) is 0.919. The molecule has 0 N–H and O–H groups in total. The molecule has 0 fully saturated rings. The molecule has 0 spiro atoms. The quantitative estimate of drug-likeness (QED) is 0.654. The van der Waals surface area contributed by atoms with Crippen LogP contribution in [0.25, 0.3) is 0 Å². The van der Waals surface area contributed by atoms with E-state index in [1.54, 1.807) is 0 Å².